The van der Waals surface area contributed by atoms with Crippen molar-refractivity contribution in [2.45, 2.75) is 26.2 Å². The third-order valence-corrected chi connectivity index (χ3v) is 6.09. The summed E-state index contributed by atoms with van der Waals surface area (Å²) in [5.74, 6) is -0.928. The van der Waals surface area contributed by atoms with Crippen LogP contribution in [0, 0.1) is 6.92 Å². The summed E-state index contributed by atoms with van der Waals surface area (Å²) in [5, 5.41) is 22.3. The standard InChI is InChI=1S/C29H26N2O3/c1-20-26(3-2-4-28(20)24-15-17-30-18-16-24)19-27(31-34)14-7-21-5-8-22(9-6-21)23-10-12-25(13-11-23)29(32)33/h2-6,8-13,15-18,34H,7,14,19H2,1H3,(H,32,33)/b31-27+. The van der Waals surface area contributed by atoms with Crippen molar-refractivity contribution in [2.75, 3.05) is 0 Å². The summed E-state index contributed by atoms with van der Waals surface area (Å²) in [7, 11) is 0. The number of rotatable bonds is 8. The number of carboxylic acids is 1. The van der Waals surface area contributed by atoms with E-state index >= 15 is 0 Å². The molecule has 0 radical (unpaired) electrons. The van der Waals surface area contributed by atoms with E-state index in [1.165, 1.54) is 5.56 Å². The van der Waals surface area contributed by atoms with Crippen LogP contribution in [0.3, 0.4) is 0 Å². The predicted molar refractivity (Wildman–Crippen MR) is 134 cm³/mol. The highest BCUT2D eigenvalue weighted by Gasteiger charge is 2.10. The highest BCUT2D eigenvalue weighted by molar-refractivity contribution is 5.88. The largest absolute Gasteiger partial charge is 0.478 e. The Bertz CT molecular complexity index is 1300. The monoisotopic (exact) mass is 450 g/mol. The van der Waals surface area contributed by atoms with Crippen molar-refractivity contribution in [1.29, 1.82) is 0 Å². The number of carbonyl (C=O) groups is 1. The van der Waals surface area contributed by atoms with Crippen LogP contribution < -0.4 is 0 Å². The Morgan fingerprint density at radius 3 is 2.12 bits per heavy atom. The Kier molecular flexibility index (Phi) is 7.13. The molecule has 1 heterocycles. The maximum Gasteiger partial charge on any atom is 0.335 e. The van der Waals surface area contributed by atoms with Crippen molar-refractivity contribution in [3.8, 4) is 22.3 Å². The molecule has 0 saturated heterocycles. The van der Waals surface area contributed by atoms with E-state index in [9.17, 15) is 10.0 Å². The van der Waals surface area contributed by atoms with Crippen molar-refractivity contribution in [3.05, 3.63) is 114 Å². The zero-order valence-electron chi connectivity index (χ0n) is 19.0. The van der Waals surface area contributed by atoms with Gasteiger partial charge < -0.3 is 10.3 Å². The average Bonchev–Trinajstić information content (AvgIpc) is 2.88. The molecule has 0 saturated carbocycles. The number of nitrogens with zero attached hydrogens (tertiary/aromatic N) is 2. The number of aryl methyl sites for hydroxylation is 1. The van der Waals surface area contributed by atoms with Crippen LogP contribution in [0.1, 0.15) is 33.5 Å². The van der Waals surface area contributed by atoms with Crippen LogP contribution in [-0.4, -0.2) is 27.0 Å². The van der Waals surface area contributed by atoms with Gasteiger partial charge in [0.25, 0.3) is 0 Å². The van der Waals surface area contributed by atoms with Crippen LogP contribution >= 0.6 is 0 Å². The molecule has 0 aliphatic rings. The lowest BCUT2D eigenvalue weighted by molar-refractivity contribution is 0.0697. The quantitative estimate of drug-likeness (QED) is 0.184. The van der Waals surface area contributed by atoms with Crippen molar-refractivity contribution in [2.24, 2.45) is 5.16 Å². The van der Waals surface area contributed by atoms with E-state index in [1.807, 2.05) is 42.5 Å². The first-order valence-corrected chi connectivity index (χ1v) is 11.2. The Balaban J connectivity index is 1.41. The van der Waals surface area contributed by atoms with Crippen molar-refractivity contribution in [1.82, 2.24) is 4.98 Å². The second-order valence-corrected chi connectivity index (χ2v) is 8.25. The molecule has 170 valence electrons. The third-order valence-electron chi connectivity index (χ3n) is 6.09. The van der Waals surface area contributed by atoms with Crippen LogP contribution in [0.4, 0.5) is 0 Å². The normalized spacial score (nSPS) is 11.4. The molecular weight excluding hydrogens is 424 g/mol. The van der Waals surface area contributed by atoms with Gasteiger partial charge in [-0.05, 0) is 83.0 Å². The Hall–Kier alpha value is -4.25. The smallest absolute Gasteiger partial charge is 0.335 e. The first-order valence-electron chi connectivity index (χ1n) is 11.2. The molecule has 0 spiro atoms. The number of hydrogen-bond acceptors (Lipinski definition) is 4. The Morgan fingerprint density at radius 1 is 0.853 bits per heavy atom. The molecule has 0 bridgehead atoms. The molecule has 0 aliphatic carbocycles. The fourth-order valence-corrected chi connectivity index (χ4v) is 4.07. The molecule has 4 rings (SSSR count). The van der Waals surface area contributed by atoms with Gasteiger partial charge in [0.05, 0.1) is 11.3 Å². The van der Waals surface area contributed by atoms with Gasteiger partial charge in [0.2, 0.25) is 0 Å². The molecule has 5 nitrogen and oxygen atoms in total. The molecule has 1 aromatic heterocycles. The lowest BCUT2D eigenvalue weighted by atomic mass is 9.93. The van der Waals surface area contributed by atoms with Gasteiger partial charge in [-0.2, -0.15) is 0 Å². The summed E-state index contributed by atoms with van der Waals surface area (Å²) in [6, 6.07) is 25.2. The predicted octanol–water partition coefficient (Wildman–Crippen LogP) is 6.43. The fraction of sp³-hybridized carbons (Fsp3) is 0.138. The first kappa shape index (κ1) is 22.9. The van der Waals surface area contributed by atoms with Crippen LogP contribution in [0.5, 0.6) is 0 Å². The number of aromatic nitrogens is 1. The van der Waals surface area contributed by atoms with Crippen LogP contribution in [0.15, 0.2) is 96.4 Å². The number of carboxylic acid groups (broad SMARTS) is 1. The third kappa shape index (κ3) is 5.38. The number of pyridine rings is 1. The molecule has 0 atom stereocenters. The maximum atomic E-state index is 11.0. The molecule has 5 heteroatoms. The Labute approximate surface area is 199 Å². The molecule has 0 amide bonds. The summed E-state index contributed by atoms with van der Waals surface area (Å²) >= 11 is 0. The molecule has 0 unspecified atom stereocenters. The second-order valence-electron chi connectivity index (χ2n) is 8.25. The van der Waals surface area contributed by atoms with Crippen molar-refractivity contribution < 1.29 is 15.1 Å². The summed E-state index contributed by atoms with van der Waals surface area (Å²) < 4.78 is 0. The van der Waals surface area contributed by atoms with Gasteiger partial charge in [-0.15, -0.1) is 0 Å². The molecular formula is C29H26N2O3. The number of oxime groups is 1. The van der Waals surface area contributed by atoms with E-state index in [-0.39, 0.29) is 5.56 Å². The average molecular weight is 451 g/mol. The lowest BCUT2D eigenvalue weighted by Crippen LogP contribution is -2.07. The van der Waals surface area contributed by atoms with E-state index in [4.69, 9.17) is 5.11 Å². The second kappa shape index (κ2) is 10.6. The zero-order valence-corrected chi connectivity index (χ0v) is 19.0. The summed E-state index contributed by atoms with van der Waals surface area (Å²) in [6.45, 7) is 2.10. The summed E-state index contributed by atoms with van der Waals surface area (Å²) in [5.41, 5.74) is 8.75. The highest BCUT2D eigenvalue weighted by Crippen LogP contribution is 2.26. The number of hydrogen-bond donors (Lipinski definition) is 2. The fourth-order valence-electron chi connectivity index (χ4n) is 4.07. The maximum absolute atomic E-state index is 11.0. The molecule has 0 fully saturated rings. The topological polar surface area (TPSA) is 82.8 Å². The molecule has 4 aromatic rings. The summed E-state index contributed by atoms with van der Waals surface area (Å²) in [6.07, 6.45) is 5.59. The molecule has 2 N–H and O–H groups in total. The number of aromatic carboxylic acids is 1. The van der Waals surface area contributed by atoms with E-state index in [0.717, 1.165) is 45.5 Å². The van der Waals surface area contributed by atoms with Crippen LogP contribution in [-0.2, 0) is 12.8 Å². The van der Waals surface area contributed by atoms with Crippen molar-refractivity contribution >= 4 is 11.7 Å². The van der Waals surface area contributed by atoms with Gasteiger partial charge >= 0.3 is 5.97 Å². The minimum Gasteiger partial charge on any atom is -0.478 e. The van der Waals surface area contributed by atoms with E-state index < -0.39 is 5.97 Å². The lowest BCUT2D eigenvalue weighted by Gasteiger charge is -2.12. The number of benzene rings is 3. The van der Waals surface area contributed by atoms with Gasteiger partial charge in [0.15, 0.2) is 0 Å². The van der Waals surface area contributed by atoms with E-state index in [1.54, 1.807) is 24.5 Å². The summed E-state index contributed by atoms with van der Waals surface area (Å²) in [4.78, 5) is 15.1. The minimum absolute atomic E-state index is 0.276. The van der Waals surface area contributed by atoms with E-state index in [0.29, 0.717) is 12.8 Å². The van der Waals surface area contributed by atoms with Crippen LogP contribution in [0.2, 0.25) is 0 Å². The van der Waals surface area contributed by atoms with Gasteiger partial charge in [0.1, 0.15) is 0 Å². The molecule has 34 heavy (non-hydrogen) atoms. The van der Waals surface area contributed by atoms with Gasteiger partial charge in [-0.3, -0.25) is 4.98 Å². The minimum atomic E-state index is -0.928. The Morgan fingerprint density at radius 2 is 1.50 bits per heavy atom. The van der Waals surface area contributed by atoms with Crippen molar-refractivity contribution in [3.63, 3.8) is 0 Å². The SMILES string of the molecule is Cc1c(C/C(CCc2ccc(-c3ccc(C(=O)O)cc3)cc2)=N/O)cccc1-c1ccncc1. The molecule has 3 aromatic carbocycles. The van der Waals surface area contributed by atoms with Gasteiger partial charge in [0, 0.05) is 18.8 Å². The van der Waals surface area contributed by atoms with Crippen LogP contribution in [0.25, 0.3) is 22.3 Å². The molecule has 0 aliphatic heterocycles. The van der Waals surface area contributed by atoms with Gasteiger partial charge in [-0.1, -0.05) is 59.8 Å². The zero-order chi connectivity index (χ0) is 23.9. The highest BCUT2D eigenvalue weighted by atomic mass is 16.4. The first-order chi connectivity index (χ1) is 16.5. The van der Waals surface area contributed by atoms with E-state index in [2.05, 4.69) is 41.3 Å². The van der Waals surface area contributed by atoms with Gasteiger partial charge in [-0.25, -0.2) is 4.79 Å².